The first kappa shape index (κ1) is 25.4. The quantitative estimate of drug-likeness (QED) is 0.604. The second-order valence-corrected chi connectivity index (χ2v) is 8.97. The number of anilines is 3. The minimum absolute atomic E-state index is 0.0198. The van der Waals surface area contributed by atoms with Crippen LogP contribution in [0.15, 0.2) is 42.6 Å². The molecule has 8 nitrogen and oxygen atoms in total. The molecule has 3 amide bonds. The summed E-state index contributed by atoms with van der Waals surface area (Å²) in [6, 6.07) is 11.1. The van der Waals surface area contributed by atoms with E-state index in [4.69, 9.17) is 0 Å². The van der Waals surface area contributed by atoms with Crippen molar-refractivity contribution in [1.82, 2.24) is 14.8 Å². The molecule has 0 bridgehead atoms. The van der Waals surface area contributed by atoms with Gasteiger partial charge in [0.1, 0.15) is 0 Å². The average Bonchev–Trinajstić information content (AvgIpc) is 2.93. The zero-order valence-electron chi connectivity index (χ0n) is 20.7. The molecule has 0 radical (unpaired) electrons. The van der Waals surface area contributed by atoms with Gasteiger partial charge in [0.05, 0.1) is 16.9 Å². The van der Waals surface area contributed by atoms with E-state index < -0.39 is 0 Å². The van der Waals surface area contributed by atoms with Crippen LogP contribution in [0.2, 0.25) is 0 Å². The Hall–Kier alpha value is -3.26. The summed E-state index contributed by atoms with van der Waals surface area (Å²) in [5, 5.41) is 2.83. The van der Waals surface area contributed by atoms with Crippen LogP contribution in [0.25, 0.3) is 0 Å². The second kappa shape index (κ2) is 11.2. The summed E-state index contributed by atoms with van der Waals surface area (Å²) in [5.41, 5.74) is 1.31. The van der Waals surface area contributed by atoms with Crippen LogP contribution in [0.5, 0.6) is 0 Å². The van der Waals surface area contributed by atoms with E-state index in [9.17, 15) is 14.4 Å². The number of rotatable bonds is 9. The molecule has 1 N–H and O–H groups in total. The highest BCUT2D eigenvalue weighted by atomic mass is 16.2. The number of para-hydroxylation sites is 1. The summed E-state index contributed by atoms with van der Waals surface area (Å²) in [4.78, 5) is 49.1. The molecule has 0 aliphatic carbocycles. The van der Waals surface area contributed by atoms with Crippen LogP contribution < -0.4 is 10.2 Å². The van der Waals surface area contributed by atoms with Gasteiger partial charge in [-0.3, -0.25) is 24.2 Å². The van der Waals surface area contributed by atoms with E-state index >= 15 is 0 Å². The number of benzene rings is 1. The number of pyridine rings is 1. The van der Waals surface area contributed by atoms with Crippen molar-refractivity contribution in [3.05, 3.63) is 48.2 Å². The Morgan fingerprint density at radius 1 is 1.00 bits per heavy atom. The molecule has 0 saturated heterocycles. The van der Waals surface area contributed by atoms with E-state index in [2.05, 4.69) is 42.9 Å². The summed E-state index contributed by atoms with van der Waals surface area (Å²) in [7, 11) is 0. The van der Waals surface area contributed by atoms with Crippen molar-refractivity contribution in [1.29, 1.82) is 0 Å². The molecule has 0 spiro atoms. The minimum atomic E-state index is -0.298. The Kier molecular flexibility index (Phi) is 8.39. The number of aromatic nitrogens is 1. The molecule has 1 aliphatic rings. The largest absolute Gasteiger partial charge is 0.342 e. The monoisotopic (exact) mass is 465 g/mol. The molecule has 2 heterocycles. The summed E-state index contributed by atoms with van der Waals surface area (Å²) < 4.78 is 0. The van der Waals surface area contributed by atoms with E-state index in [1.807, 2.05) is 6.92 Å². The summed E-state index contributed by atoms with van der Waals surface area (Å²) in [6.45, 7) is 12.6. The van der Waals surface area contributed by atoms with Gasteiger partial charge in [-0.05, 0) is 58.9 Å². The number of carbonyl (C=O) groups excluding carboxylic acids is 3. The molecule has 0 saturated carbocycles. The Morgan fingerprint density at radius 2 is 1.71 bits per heavy atom. The second-order valence-electron chi connectivity index (χ2n) is 8.97. The SMILES string of the molecule is CCN(CCN(C(C)C)C(C)C)C(=O)CCC(=O)N1c2ccccc2C(=O)Nc2cccnc21. The number of fused-ring (bicyclic) bond motifs is 2. The van der Waals surface area contributed by atoms with Gasteiger partial charge in [-0.1, -0.05) is 12.1 Å². The van der Waals surface area contributed by atoms with Crippen LogP contribution in [0.3, 0.4) is 0 Å². The van der Waals surface area contributed by atoms with Crippen LogP contribution in [-0.2, 0) is 9.59 Å². The fourth-order valence-electron chi connectivity index (χ4n) is 4.38. The third kappa shape index (κ3) is 5.62. The molecule has 34 heavy (non-hydrogen) atoms. The molecular formula is C26H35N5O3. The average molecular weight is 466 g/mol. The van der Waals surface area contributed by atoms with Crippen molar-refractivity contribution < 1.29 is 14.4 Å². The van der Waals surface area contributed by atoms with Crippen molar-refractivity contribution in [2.75, 3.05) is 29.9 Å². The van der Waals surface area contributed by atoms with Crippen molar-refractivity contribution in [3.8, 4) is 0 Å². The van der Waals surface area contributed by atoms with E-state index in [-0.39, 0.29) is 30.6 Å². The zero-order chi connectivity index (χ0) is 24.8. The smallest absolute Gasteiger partial charge is 0.257 e. The predicted octanol–water partition coefficient (Wildman–Crippen LogP) is 4.06. The predicted molar refractivity (Wildman–Crippen MR) is 134 cm³/mol. The normalized spacial score (nSPS) is 12.9. The van der Waals surface area contributed by atoms with Gasteiger partial charge in [0, 0.05) is 50.8 Å². The van der Waals surface area contributed by atoms with Crippen molar-refractivity contribution in [2.24, 2.45) is 0 Å². The van der Waals surface area contributed by atoms with Crippen LogP contribution in [0.4, 0.5) is 17.2 Å². The third-order valence-corrected chi connectivity index (χ3v) is 6.13. The molecule has 0 fully saturated rings. The lowest BCUT2D eigenvalue weighted by Crippen LogP contribution is -2.44. The maximum Gasteiger partial charge on any atom is 0.257 e. The fraction of sp³-hybridized carbons (Fsp3) is 0.462. The summed E-state index contributed by atoms with van der Waals surface area (Å²) in [5.74, 6) is -0.274. The first-order chi connectivity index (χ1) is 16.2. The minimum Gasteiger partial charge on any atom is -0.342 e. The number of likely N-dealkylation sites (N-methyl/N-ethyl adjacent to an activating group) is 1. The molecule has 3 rings (SSSR count). The lowest BCUT2D eigenvalue weighted by atomic mass is 10.1. The molecule has 1 aliphatic heterocycles. The van der Waals surface area contributed by atoms with Crippen molar-refractivity contribution >= 4 is 34.9 Å². The Bertz CT molecular complexity index is 1030. The molecule has 1 aromatic heterocycles. The first-order valence-electron chi connectivity index (χ1n) is 12.0. The number of amides is 3. The summed E-state index contributed by atoms with van der Waals surface area (Å²) in [6.07, 6.45) is 1.70. The lowest BCUT2D eigenvalue weighted by Gasteiger charge is -2.33. The van der Waals surface area contributed by atoms with Crippen molar-refractivity contribution in [3.63, 3.8) is 0 Å². The maximum atomic E-state index is 13.4. The van der Waals surface area contributed by atoms with Gasteiger partial charge in [0.15, 0.2) is 5.82 Å². The molecular weight excluding hydrogens is 430 g/mol. The van der Waals surface area contributed by atoms with Crippen LogP contribution in [0.1, 0.15) is 57.8 Å². The molecule has 2 aromatic rings. The number of nitrogens with zero attached hydrogens (tertiary/aromatic N) is 4. The number of hydrogen-bond acceptors (Lipinski definition) is 5. The third-order valence-electron chi connectivity index (χ3n) is 6.13. The zero-order valence-corrected chi connectivity index (χ0v) is 20.7. The Balaban J connectivity index is 1.75. The number of hydrogen-bond donors (Lipinski definition) is 1. The van der Waals surface area contributed by atoms with E-state index in [1.54, 1.807) is 47.5 Å². The highest BCUT2D eigenvalue weighted by molar-refractivity contribution is 6.17. The highest BCUT2D eigenvalue weighted by Crippen LogP contribution is 2.36. The highest BCUT2D eigenvalue weighted by Gasteiger charge is 2.30. The van der Waals surface area contributed by atoms with Crippen molar-refractivity contribution in [2.45, 2.75) is 59.5 Å². The number of nitrogens with one attached hydrogen (secondary N) is 1. The molecule has 0 unspecified atom stereocenters. The molecule has 182 valence electrons. The van der Waals surface area contributed by atoms with Gasteiger partial charge in [0.2, 0.25) is 11.8 Å². The topological polar surface area (TPSA) is 85.9 Å². The van der Waals surface area contributed by atoms with E-state index in [1.165, 1.54) is 4.90 Å². The van der Waals surface area contributed by atoms with Gasteiger partial charge >= 0.3 is 0 Å². The Morgan fingerprint density at radius 3 is 2.38 bits per heavy atom. The molecule has 1 aromatic carbocycles. The van der Waals surface area contributed by atoms with Crippen LogP contribution in [0, 0.1) is 0 Å². The van der Waals surface area contributed by atoms with Gasteiger partial charge in [-0.2, -0.15) is 0 Å². The fourth-order valence-corrected chi connectivity index (χ4v) is 4.38. The first-order valence-corrected chi connectivity index (χ1v) is 12.0. The van der Waals surface area contributed by atoms with Crippen LogP contribution in [-0.4, -0.2) is 64.2 Å². The summed E-state index contributed by atoms with van der Waals surface area (Å²) >= 11 is 0. The lowest BCUT2D eigenvalue weighted by molar-refractivity contribution is -0.133. The number of carbonyl (C=O) groups is 3. The maximum absolute atomic E-state index is 13.4. The molecule has 8 heteroatoms. The van der Waals surface area contributed by atoms with Crippen LogP contribution >= 0.6 is 0 Å². The standard InChI is InChI=1S/C26H35N5O3/c1-6-29(16-17-30(18(2)3)19(4)5)23(32)13-14-24(33)31-22-12-8-7-10-20(22)26(34)28-21-11-9-15-27-25(21)31/h7-12,15,18-19H,6,13-14,16-17H2,1-5H3,(H,28,34). The van der Waals surface area contributed by atoms with E-state index in [0.29, 0.717) is 47.9 Å². The van der Waals surface area contributed by atoms with Gasteiger partial charge < -0.3 is 10.2 Å². The van der Waals surface area contributed by atoms with Gasteiger partial charge in [-0.15, -0.1) is 0 Å². The molecule has 0 atom stereocenters. The Labute approximate surface area is 201 Å². The van der Waals surface area contributed by atoms with E-state index in [0.717, 1.165) is 6.54 Å². The van der Waals surface area contributed by atoms with Gasteiger partial charge in [0.25, 0.3) is 5.91 Å². The van der Waals surface area contributed by atoms with Gasteiger partial charge in [-0.25, -0.2) is 4.98 Å².